The average molecular weight is 390 g/mol. The van der Waals surface area contributed by atoms with E-state index in [2.05, 4.69) is 41.0 Å². The van der Waals surface area contributed by atoms with E-state index in [9.17, 15) is 4.79 Å². The number of rotatable bonds is 4. The van der Waals surface area contributed by atoms with E-state index in [0.717, 1.165) is 47.7 Å². The third kappa shape index (κ3) is 4.30. The van der Waals surface area contributed by atoms with Gasteiger partial charge in [-0.25, -0.2) is 4.98 Å². The van der Waals surface area contributed by atoms with E-state index >= 15 is 0 Å². The van der Waals surface area contributed by atoms with Gasteiger partial charge in [0.15, 0.2) is 0 Å². The van der Waals surface area contributed by atoms with Gasteiger partial charge >= 0.3 is 0 Å². The Morgan fingerprint density at radius 2 is 2.04 bits per heavy atom. The fraction of sp³-hybridized carbons (Fsp3) is 0.353. The Bertz CT molecular complexity index is 701. The van der Waals surface area contributed by atoms with Crippen LogP contribution in [0.5, 0.6) is 0 Å². The molecule has 2 aromatic rings. The van der Waals surface area contributed by atoms with Crippen LogP contribution in [0.25, 0.3) is 0 Å². The first-order valence-corrected chi connectivity index (χ1v) is 8.70. The predicted molar refractivity (Wildman–Crippen MR) is 98.2 cm³/mol. The summed E-state index contributed by atoms with van der Waals surface area (Å²) < 4.78 is 0.906. The number of halogens is 1. The summed E-state index contributed by atoms with van der Waals surface area (Å²) in [7, 11) is 0. The van der Waals surface area contributed by atoms with Gasteiger partial charge < -0.3 is 10.2 Å². The van der Waals surface area contributed by atoms with E-state index in [4.69, 9.17) is 0 Å². The number of nitrogens with one attached hydrogen (secondary N) is 1. The van der Waals surface area contributed by atoms with Gasteiger partial charge in [-0.2, -0.15) is 0 Å². The summed E-state index contributed by atoms with van der Waals surface area (Å²) in [4.78, 5) is 25.0. The molecular formula is C17H20BrN5O. The molecule has 126 valence electrons. The number of carbonyl (C=O) groups excluding carboxylic acids is 1. The van der Waals surface area contributed by atoms with E-state index in [1.54, 1.807) is 18.6 Å². The fourth-order valence-electron chi connectivity index (χ4n) is 2.70. The lowest BCUT2D eigenvalue weighted by molar-refractivity contribution is -0.117. The largest absolute Gasteiger partial charge is 0.353 e. The van der Waals surface area contributed by atoms with Gasteiger partial charge in [0.2, 0.25) is 5.91 Å². The number of amides is 1. The molecular weight excluding hydrogens is 370 g/mol. The highest BCUT2D eigenvalue weighted by Crippen LogP contribution is 2.23. The topological polar surface area (TPSA) is 61.4 Å². The minimum absolute atomic E-state index is 0.00695. The fourth-order valence-corrected chi connectivity index (χ4v) is 3.30. The van der Waals surface area contributed by atoms with Crippen LogP contribution < -0.4 is 10.2 Å². The molecule has 0 bridgehead atoms. The third-order valence-electron chi connectivity index (χ3n) is 4.01. The van der Waals surface area contributed by atoms with Crippen LogP contribution in [0.4, 0.5) is 11.5 Å². The van der Waals surface area contributed by atoms with Crippen LogP contribution in [0.15, 0.2) is 41.3 Å². The molecule has 24 heavy (non-hydrogen) atoms. The Labute approximate surface area is 150 Å². The van der Waals surface area contributed by atoms with Crippen molar-refractivity contribution in [3.05, 3.63) is 46.8 Å². The first kappa shape index (κ1) is 16.9. The molecule has 0 saturated carbocycles. The van der Waals surface area contributed by atoms with Crippen LogP contribution in [0.1, 0.15) is 5.56 Å². The Balaban J connectivity index is 1.50. The van der Waals surface area contributed by atoms with Crippen molar-refractivity contribution in [1.29, 1.82) is 0 Å². The highest BCUT2D eigenvalue weighted by molar-refractivity contribution is 9.10. The average Bonchev–Trinajstić information content (AvgIpc) is 2.59. The molecule has 7 heteroatoms. The van der Waals surface area contributed by atoms with Gasteiger partial charge in [0.05, 0.1) is 18.4 Å². The maximum atomic E-state index is 12.3. The lowest BCUT2D eigenvalue weighted by atomic mass is 10.2. The Morgan fingerprint density at radius 3 is 2.71 bits per heavy atom. The highest BCUT2D eigenvalue weighted by Gasteiger charge is 2.20. The van der Waals surface area contributed by atoms with Crippen molar-refractivity contribution in [2.75, 3.05) is 42.9 Å². The first-order chi connectivity index (χ1) is 11.6. The summed E-state index contributed by atoms with van der Waals surface area (Å²) in [6.07, 6.45) is 5.15. The van der Waals surface area contributed by atoms with Crippen LogP contribution in [0, 0.1) is 6.92 Å². The van der Waals surface area contributed by atoms with E-state index in [1.807, 2.05) is 25.1 Å². The van der Waals surface area contributed by atoms with E-state index in [-0.39, 0.29) is 5.91 Å². The molecule has 0 spiro atoms. The molecule has 1 fully saturated rings. The Morgan fingerprint density at radius 1 is 1.25 bits per heavy atom. The van der Waals surface area contributed by atoms with Crippen LogP contribution >= 0.6 is 15.9 Å². The van der Waals surface area contributed by atoms with E-state index in [1.165, 1.54) is 0 Å². The lowest BCUT2D eigenvalue weighted by Crippen LogP contribution is -2.49. The molecule has 1 N–H and O–H groups in total. The number of piperazine rings is 1. The minimum atomic E-state index is 0.00695. The van der Waals surface area contributed by atoms with Crippen molar-refractivity contribution in [3.63, 3.8) is 0 Å². The molecule has 0 atom stereocenters. The number of aryl methyl sites for hydroxylation is 1. The number of hydrogen-bond donors (Lipinski definition) is 1. The summed E-state index contributed by atoms with van der Waals surface area (Å²) in [6, 6.07) is 5.90. The predicted octanol–water partition coefficient (Wildman–Crippen LogP) is 2.31. The first-order valence-electron chi connectivity index (χ1n) is 7.91. The van der Waals surface area contributed by atoms with Gasteiger partial charge in [-0.15, -0.1) is 0 Å². The highest BCUT2D eigenvalue weighted by atomic mass is 79.9. The second-order valence-corrected chi connectivity index (χ2v) is 6.71. The minimum Gasteiger partial charge on any atom is -0.353 e. The number of aromatic nitrogens is 2. The maximum absolute atomic E-state index is 12.3. The molecule has 1 aliphatic rings. The zero-order valence-electron chi connectivity index (χ0n) is 13.6. The van der Waals surface area contributed by atoms with Crippen molar-refractivity contribution < 1.29 is 4.79 Å². The molecule has 0 aliphatic carbocycles. The second-order valence-electron chi connectivity index (χ2n) is 5.86. The smallest absolute Gasteiger partial charge is 0.238 e. The number of benzene rings is 1. The normalized spacial score (nSPS) is 15.3. The molecule has 1 saturated heterocycles. The Kier molecular flexibility index (Phi) is 5.42. The van der Waals surface area contributed by atoms with Gasteiger partial charge in [0.25, 0.3) is 0 Å². The van der Waals surface area contributed by atoms with Crippen molar-refractivity contribution in [1.82, 2.24) is 14.9 Å². The molecule has 0 unspecified atom stereocenters. The van der Waals surface area contributed by atoms with Crippen LogP contribution in [0.3, 0.4) is 0 Å². The third-order valence-corrected chi connectivity index (χ3v) is 4.67. The SMILES string of the molecule is Cc1ccc(NC(=O)CN2CCN(c3cnccn3)CC2)c(Br)c1. The summed E-state index contributed by atoms with van der Waals surface area (Å²) in [6.45, 7) is 5.78. The van der Waals surface area contributed by atoms with Crippen molar-refractivity contribution in [2.24, 2.45) is 0 Å². The number of anilines is 2. The zero-order valence-corrected chi connectivity index (χ0v) is 15.2. The molecule has 3 rings (SSSR count). The zero-order chi connectivity index (χ0) is 16.9. The van der Waals surface area contributed by atoms with Crippen molar-refractivity contribution in [2.45, 2.75) is 6.92 Å². The van der Waals surface area contributed by atoms with Gasteiger partial charge in [-0.1, -0.05) is 6.07 Å². The summed E-state index contributed by atoms with van der Waals surface area (Å²) >= 11 is 3.49. The molecule has 2 heterocycles. The van der Waals surface area contributed by atoms with Gasteiger partial charge in [0, 0.05) is 43.0 Å². The molecule has 1 aromatic carbocycles. The van der Waals surface area contributed by atoms with Crippen LogP contribution in [-0.4, -0.2) is 53.5 Å². The molecule has 1 aromatic heterocycles. The summed E-state index contributed by atoms with van der Waals surface area (Å²) in [5.74, 6) is 0.901. The van der Waals surface area contributed by atoms with Gasteiger partial charge in [0.1, 0.15) is 5.82 Å². The van der Waals surface area contributed by atoms with E-state index in [0.29, 0.717) is 6.54 Å². The van der Waals surface area contributed by atoms with Crippen molar-refractivity contribution >= 4 is 33.3 Å². The van der Waals surface area contributed by atoms with Gasteiger partial charge in [-0.3, -0.25) is 14.7 Å². The lowest BCUT2D eigenvalue weighted by Gasteiger charge is -2.34. The summed E-state index contributed by atoms with van der Waals surface area (Å²) in [5, 5.41) is 2.96. The van der Waals surface area contributed by atoms with Crippen LogP contribution in [-0.2, 0) is 4.79 Å². The standard InChI is InChI=1S/C17H20BrN5O/c1-13-2-3-15(14(18)10-13)21-17(24)12-22-6-8-23(9-7-22)16-11-19-4-5-20-16/h2-5,10-11H,6-9,12H2,1H3,(H,21,24). The number of hydrogen-bond acceptors (Lipinski definition) is 5. The Hall–Kier alpha value is -1.99. The number of nitrogens with zero attached hydrogens (tertiary/aromatic N) is 4. The summed E-state index contributed by atoms with van der Waals surface area (Å²) in [5.41, 5.74) is 1.96. The monoisotopic (exact) mass is 389 g/mol. The van der Waals surface area contributed by atoms with Gasteiger partial charge in [-0.05, 0) is 40.5 Å². The molecule has 0 radical (unpaired) electrons. The molecule has 1 aliphatic heterocycles. The van der Waals surface area contributed by atoms with Crippen molar-refractivity contribution in [3.8, 4) is 0 Å². The van der Waals surface area contributed by atoms with Crippen LogP contribution in [0.2, 0.25) is 0 Å². The van der Waals surface area contributed by atoms with E-state index < -0.39 is 0 Å². The molecule has 1 amide bonds. The molecule has 6 nitrogen and oxygen atoms in total. The maximum Gasteiger partial charge on any atom is 0.238 e. The second kappa shape index (κ2) is 7.72. The quantitative estimate of drug-likeness (QED) is 0.868. The number of carbonyl (C=O) groups is 1.